The van der Waals surface area contributed by atoms with Crippen LogP contribution in [0.3, 0.4) is 0 Å². The zero-order chi connectivity index (χ0) is 20.7. The van der Waals surface area contributed by atoms with E-state index in [9.17, 15) is 9.59 Å². The molecule has 1 atom stereocenters. The fourth-order valence-electron chi connectivity index (χ4n) is 4.32. The standard InChI is InChI=1S/C23H25N5O2/c1-15(22(30)28-12-10-23(8-9-23)11-13-28)25-21(29)16-6-7-19(24-14-16)20-17-4-2-3-5-18(17)26-27-20/h2-7,14-15H,8-13H2,1H3,(H,25,29)(H,26,27)/t15-/m1/s1. The number of likely N-dealkylation sites (tertiary alicyclic amines) is 1. The molecule has 7 nitrogen and oxygen atoms in total. The summed E-state index contributed by atoms with van der Waals surface area (Å²) in [5.74, 6) is -0.299. The minimum absolute atomic E-state index is 0.00707. The lowest BCUT2D eigenvalue weighted by molar-refractivity contribution is -0.134. The summed E-state index contributed by atoms with van der Waals surface area (Å²) in [5.41, 5.74) is 3.36. The van der Waals surface area contributed by atoms with E-state index in [2.05, 4.69) is 20.5 Å². The molecule has 2 aliphatic rings. The van der Waals surface area contributed by atoms with Gasteiger partial charge >= 0.3 is 0 Å². The van der Waals surface area contributed by atoms with Crippen LogP contribution in [0.2, 0.25) is 0 Å². The smallest absolute Gasteiger partial charge is 0.253 e. The molecule has 1 spiro atoms. The first-order valence-corrected chi connectivity index (χ1v) is 10.5. The normalized spacial score (nSPS) is 18.4. The Balaban J connectivity index is 1.23. The quantitative estimate of drug-likeness (QED) is 0.700. The summed E-state index contributed by atoms with van der Waals surface area (Å²) >= 11 is 0. The number of carbonyl (C=O) groups excluding carboxylic acids is 2. The van der Waals surface area contributed by atoms with Crippen LogP contribution in [0.5, 0.6) is 0 Å². The average Bonchev–Trinajstić information content (AvgIpc) is 3.39. The summed E-state index contributed by atoms with van der Waals surface area (Å²) in [4.78, 5) is 31.7. The molecule has 0 radical (unpaired) electrons. The minimum atomic E-state index is -0.554. The van der Waals surface area contributed by atoms with Crippen LogP contribution in [0.15, 0.2) is 42.6 Å². The number of pyridine rings is 1. The maximum Gasteiger partial charge on any atom is 0.253 e. The van der Waals surface area contributed by atoms with Crippen LogP contribution in [-0.4, -0.2) is 51.0 Å². The van der Waals surface area contributed by atoms with Crippen molar-refractivity contribution in [2.24, 2.45) is 5.41 Å². The number of rotatable bonds is 4. The molecular weight excluding hydrogens is 378 g/mol. The van der Waals surface area contributed by atoms with E-state index in [4.69, 9.17) is 0 Å². The van der Waals surface area contributed by atoms with Crippen LogP contribution < -0.4 is 5.32 Å². The van der Waals surface area contributed by atoms with Gasteiger partial charge in [-0.05, 0) is 56.2 Å². The predicted molar refractivity (Wildman–Crippen MR) is 114 cm³/mol. The molecule has 7 heteroatoms. The Morgan fingerprint density at radius 2 is 1.87 bits per heavy atom. The van der Waals surface area contributed by atoms with Crippen LogP contribution in [0, 0.1) is 5.41 Å². The molecule has 1 aliphatic heterocycles. The van der Waals surface area contributed by atoms with Gasteiger partial charge in [0.2, 0.25) is 5.91 Å². The van der Waals surface area contributed by atoms with Gasteiger partial charge in [0, 0.05) is 24.7 Å². The van der Waals surface area contributed by atoms with Crippen molar-refractivity contribution in [3.63, 3.8) is 0 Å². The van der Waals surface area contributed by atoms with Gasteiger partial charge in [0.25, 0.3) is 5.91 Å². The molecule has 3 heterocycles. The van der Waals surface area contributed by atoms with Crippen LogP contribution in [-0.2, 0) is 4.79 Å². The summed E-state index contributed by atoms with van der Waals surface area (Å²) < 4.78 is 0. The van der Waals surface area contributed by atoms with Crippen LogP contribution in [0.1, 0.15) is 43.0 Å². The zero-order valence-corrected chi connectivity index (χ0v) is 17.0. The van der Waals surface area contributed by atoms with E-state index in [0.29, 0.717) is 16.7 Å². The SMILES string of the molecule is C[C@@H](NC(=O)c1ccc(-c2[nH]nc3ccccc23)nc1)C(=O)N1CCC2(CC1)CC2. The number of hydrogen-bond donors (Lipinski definition) is 2. The van der Waals surface area contributed by atoms with Gasteiger partial charge in [-0.15, -0.1) is 0 Å². The number of benzene rings is 1. The molecule has 2 N–H and O–H groups in total. The van der Waals surface area contributed by atoms with Crippen LogP contribution in [0.4, 0.5) is 0 Å². The monoisotopic (exact) mass is 403 g/mol. The predicted octanol–water partition coefficient (Wildman–Crippen LogP) is 3.15. The Kier molecular flexibility index (Phi) is 4.53. The number of carbonyl (C=O) groups is 2. The van der Waals surface area contributed by atoms with E-state index in [1.54, 1.807) is 19.1 Å². The van der Waals surface area contributed by atoms with Gasteiger partial charge in [-0.25, -0.2) is 0 Å². The van der Waals surface area contributed by atoms with Gasteiger partial charge in [0.05, 0.1) is 22.5 Å². The van der Waals surface area contributed by atoms with E-state index in [-0.39, 0.29) is 11.8 Å². The Bertz CT molecular complexity index is 1090. The summed E-state index contributed by atoms with van der Waals surface area (Å²) in [6.07, 6.45) is 6.33. The second-order valence-electron chi connectivity index (χ2n) is 8.57. The van der Waals surface area contributed by atoms with Gasteiger partial charge in [-0.2, -0.15) is 5.10 Å². The van der Waals surface area contributed by atoms with Crippen molar-refractivity contribution in [3.05, 3.63) is 48.2 Å². The molecule has 2 fully saturated rings. The molecule has 0 unspecified atom stereocenters. The number of nitrogens with one attached hydrogen (secondary N) is 2. The Morgan fingerprint density at radius 3 is 2.57 bits per heavy atom. The Hall–Kier alpha value is -3.22. The van der Waals surface area contributed by atoms with Crippen molar-refractivity contribution in [1.29, 1.82) is 0 Å². The van der Waals surface area contributed by atoms with Crippen molar-refractivity contribution in [2.75, 3.05) is 13.1 Å². The van der Waals surface area contributed by atoms with Gasteiger partial charge < -0.3 is 10.2 Å². The average molecular weight is 403 g/mol. The van der Waals surface area contributed by atoms with Gasteiger partial charge in [-0.3, -0.25) is 19.7 Å². The molecule has 1 aromatic carbocycles. The molecule has 0 bridgehead atoms. The Labute approximate surface area is 174 Å². The topological polar surface area (TPSA) is 91.0 Å². The summed E-state index contributed by atoms with van der Waals surface area (Å²) in [5, 5.41) is 11.1. The second kappa shape index (κ2) is 7.23. The molecule has 1 saturated heterocycles. The van der Waals surface area contributed by atoms with E-state index >= 15 is 0 Å². The van der Waals surface area contributed by atoms with Crippen molar-refractivity contribution < 1.29 is 9.59 Å². The number of piperidine rings is 1. The number of amides is 2. The van der Waals surface area contributed by atoms with Crippen molar-refractivity contribution >= 4 is 22.7 Å². The first-order chi connectivity index (χ1) is 14.5. The molecule has 1 aliphatic carbocycles. The van der Waals surface area contributed by atoms with Crippen molar-refractivity contribution in [1.82, 2.24) is 25.4 Å². The highest BCUT2D eigenvalue weighted by molar-refractivity contribution is 5.98. The highest BCUT2D eigenvalue weighted by Gasteiger charge is 2.45. The molecule has 2 amide bonds. The summed E-state index contributed by atoms with van der Waals surface area (Å²) in [6, 6.07) is 10.8. The van der Waals surface area contributed by atoms with Crippen molar-refractivity contribution in [2.45, 2.75) is 38.6 Å². The fraction of sp³-hybridized carbons (Fsp3) is 0.391. The minimum Gasteiger partial charge on any atom is -0.341 e. The Morgan fingerprint density at radius 1 is 1.10 bits per heavy atom. The number of H-pyrrole nitrogens is 1. The summed E-state index contributed by atoms with van der Waals surface area (Å²) in [7, 11) is 0. The molecular formula is C23H25N5O2. The lowest BCUT2D eigenvalue weighted by atomic mass is 9.93. The van der Waals surface area contributed by atoms with Gasteiger partial charge in [0.1, 0.15) is 6.04 Å². The molecule has 30 heavy (non-hydrogen) atoms. The van der Waals surface area contributed by atoms with Gasteiger partial charge in [0.15, 0.2) is 0 Å². The van der Waals surface area contributed by atoms with Crippen molar-refractivity contribution in [3.8, 4) is 11.4 Å². The van der Waals surface area contributed by atoms with Crippen LogP contribution in [0.25, 0.3) is 22.3 Å². The summed E-state index contributed by atoms with van der Waals surface area (Å²) in [6.45, 7) is 3.35. The number of aromatic nitrogens is 3. The van der Waals surface area contributed by atoms with E-state index in [1.165, 1.54) is 19.0 Å². The maximum absolute atomic E-state index is 12.7. The highest BCUT2D eigenvalue weighted by Crippen LogP contribution is 2.53. The third-order valence-corrected chi connectivity index (χ3v) is 6.55. The first kappa shape index (κ1) is 18.8. The molecule has 2 aromatic heterocycles. The third-order valence-electron chi connectivity index (χ3n) is 6.55. The number of fused-ring (bicyclic) bond motifs is 1. The third kappa shape index (κ3) is 3.44. The fourth-order valence-corrected chi connectivity index (χ4v) is 4.32. The first-order valence-electron chi connectivity index (χ1n) is 10.5. The number of nitrogens with zero attached hydrogens (tertiary/aromatic N) is 3. The van der Waals surface area contributed by atoms with E-state index in [0.717, 1.165) is 42.5 Å². The zero-order valence-electron chi connectivity index (χ0n) is 17.0. The maximum atomic E-state index is 12.7. The molecule has 1 saturated carbocycles. The van der Waals surface area contributed by atoms with E-state index in [1.807, 2.05) is 29.2 Å². The lowest BCUT2D eigenvalue weighted by Gasteiger charge is -2.33. The largest absolute Gasteiger partial charge is 0.341 e. The second-order valence-corrected chi connectivity index (χ2v) is 8.57. The number of para-hydroxylation sites is 1. The highest BCUT2D eigenvalue weighted by atomic mass is 16.2. The number of aromatic amines is 1. The molecule has 5 rings (SSSR count). The molecule has 154 valence electrons. The molecule has 3 aromatic rings. The number of hydrogen-bond acceptors (Lipinski definition) is 4. The lowest BCUT2D eigenvalue weighted by Crippen LogP contribution is -2.49. The van der Waals surface area contributed by atoms with Gasteiger partial charge in [-0.1, -0.05) is 18.2 Å². The van der Waals surface area contributed by atoms with Crippen LogP contribution >= 0.6 is 0 Å². The van der Waals surface area contributed by atoms with E-state index < -0.39 is 6.04 Å².